The summed E-state index contributed by atoms with van der Waals surface area (Å²) in [4.78, 5) is 15.7. The van der Waals surface area contributed by atoms with Crippen molar-refractivity contribution in [2.75, 3.05) is 11.1 Å². The molecule has 0 atom stereocenters. The lowest BCUT2D eigenvalue weighted by Crippen LogP contribution is -2.12. The highest BCUT2D eigenvalue weighted by Gasteiger charge is 2.07. The van der Waals surface area contributed by atoms with Crippen molar-refractivity contribution in [2.45, 2.75) is 0 Å². The number of rotatable bonds is 2. The normalized spacial score (nSPS) is 9.94. The van der Waals surface area contributed by atoms with Crippen molar-refractivity contribution in [3.63, 3.8) is 0 Å². The number of pyridine rings is 1. The lowest BCUT2D eigenvalue weighted by atomic mass is 10.2. The Labute approximate surface area is 107 Å². The Morgan fingerprint density at radius 2 is 2.18 bits per heavy atom. The highest BCUT2D eigenvalue weighted by molar-refractivity contribution is 9.10. The second-order valence-electron chi connectivity index (χ2n) is 3.44. The first kappa shape index (κ1) is 11.6. The van der Waals surface area contributed by atoms with Gasteiger partial charge in [-0.1, -0.05) is 0 Å². The molecule has 0 aliphatic carbocycles. The summed E-state index contributed by atoms with van der Waals surface area (Å²) in [6.45, 7) is 0. The van der Waals surface area contributed by atoms with Gasteiger partial charge in [0.1, 0.15) is 0 Å². The maximum absolute atomic E-state index is 11.8. The Morgan fingerprint density at radius 1 is 1.35 bits per heavy atom. The fourth-order valence-electron chi connectivity index (χ4n) is 1.32. The Hall–Kier alpha value is -1.88. The molecule has 17 heavy (non-hydrogen) atoms. The van der Waals surface area contributed by atoms with Crippen molar-refractivity contribution in [3.8, 4) is 0 Å². The van der Waals surface area contributed by atoms with E-state index in [0.29, 0.717) is 16.9 Å². The molecular weight excluding hydrogens is 282 g/mol. The van der Waals surface area contributed by atoms with Crippen LogP contribution in [0.5, 0.6) is 0 Å². The largest absolute Gasteiger partial charge is 0.399 e. The first-order valence-corrected chi connectivity index (χ1v) is 5.72. The molecule has 3 N–H and O–H groups in total. The van der Waals surface area contributed by atoms with Crippen LogP contribution in [0, 0.1) is 0 Å². The zero-order valence-corrected chi connectivity index (χ0v) is 10.4. The number of amides is 1. The molecule has 0 saturated heterocycles. The third-order valence-corrected chi connectivity index (χ3v) is 2.82. The topological polar surface area (TPSA) is 68.0 Å². The van der Waals surface area contributed by atoms with Gasteiger partial charge in [0.2, 0.25) is 0 Å². The second kappa shape index (κ2) is 4.97. The predicted molar refractivity (Wildman–Crippen MR) is 70.7 cm³/mol. The van der Waals surface area contributed by atoms with Gasteiger partial charge in [-0.3, -0.25) is 9.78 Å². The van der Waals surface area contributed by atoms with Gasteiger partial charge < -0.3 is 11.1 Å². The summed E-state index contributed by atoms with van der Waals surface area (Å²) >= 11 is 3.34. The Morgan fingerprint density at radius 3 is 2.82 bits per heavy atom. The van der Waals surface area contributed by atoms with Crippen LogP contribution in [0.25, 0.3) is 0 Å². The summed E-state index contributed by atoms with van der Waals surface area (Å²) in [6.07, 6.45) is 3.14. The molecule has 1 aromatic heterocycles. The number of benzene rings is 1. The van der Waals surface area contributed by atoms with Gasteiger partial charge in [-0.15, -0.1) is 0 Å². The zero-order valence-electron chi connectivity index (χ0n) is 8.85. The Kier molecular flexibility index (Phi) is 3.39. The zero-order chi connectivity index (χ0) is 12.3. The van der Waals surface area contributed by atoms with Crippen molar-refractivity contribution in [1.29, 1.82) is 0 Å². The Bertz CT molecular complexity index is 543. The van der Waals surface area contributed by atoms with Gasteiger partial charge in [0, 0.05) is 22.6 Å². The third-order valence-electron chi connectivity index (χ3n) is 2.17. The molecule has 86 valence electrons. The first-order valence-electron chi connectivity index (χ1n) is 4.93. The minimum Gasteiger partial charge on any atom is -0.399 e. The standard InChI is InChI=1S/C12H10BrN3O/c13-10-6-9(14)3-4-11(10)16-12(17)8-2-1-5-15-7-8/h1-7H,14H2,(H,16,17). The van der Waals surface area contributed by atoms with Gasteiger partial charge in [0.15, 0.2) is 0 Å². The molecule has 2 rings (SSSR count). The van der Waals surface area contributed by atoms with Crippen LogP contribution in [0.1, 0.15) is 10.4 Å². The molecule has 1 aromatic carbocycles. The summed E-state index contributed by atoms with van der Waals surface area (Å²) in [5.41, 5.74) is 7.44. The number of aromatic nitrogens is 1. The molecule has 5 heteroatoms. The van der Waals surface area contributed by atoms with Crippen molar-refractivity contribution in [1.82, 2.24) is 4.98 Å². The molecule has 1 heterocycles. The maximum Gasteiger partial charge on any atom is 0.257 e. The number of anilines is 2. The quantitative estimate of drug-likeness (QED) is 0.836. The van der Waals surface area contributed by atoms with Gasteiger partial charge >= 0.3 is 0 Å². The van der Waals surface area contributed by atoms with Crippen LogP contribution in [-0.2, 0) is 0 Å². The van der Waals surface area contributed by atoms with Gasteiger partial charge in [0.05, 0.1) is 11.3 Å². The summed E-state index contributed by atoms with van der Waals surface area (Å²) in [5, 5.41) is 2.77. The van der Waals surface area contributed by atoms with E-state index in [1.54, 1.807) is 36.5 Å². The van der Waals surface area contributed by atoms with Crippen LogP contribution in [-0.4, -0.2) is 10.9 Å². The minimum absolute atomic E-state index is 0.205. The van der Waals surface area contributed by atoms with Gasteiger partial charge in [-0.25, -0.2) is 0 Å². The molecule has 0 aliphatic heterocycles. The SMILES string of the molecule is Nc1ccc(NC(=O)c2cccnc2)c(Br)c1. The molecule has 0 aliphatic rings. The van der Waals surface area contributed by atoms with Crippen LogP contribution >= 0.6 is 15.9 Å². The molecule has 4 nitrogen and oxygen atoms in total. The number of nitrogens with two attached hydrogens (primary N) is 1. The number of halogens is 1. The monoisotopic (exact) mass is 291 g/mol. The van der Waals surface area contributed by atoms with Crippen LogP contribution < -0.4 is 11.1 Å². The maximum atomic E-state index is 11.8. The van der Waals surface area contributed by atoms with Crippen molar-refractivity contribution >= 4 is 33.2 Å². The van der Waals surface area contributed by atoms with Crippen LogP contribution in [0.15, 0.2) is 47.2 Å². The average Bonchev–Trinajstić information content (AvgIpc) is 2.34. The van der Waals surface area contributed by atoms with E-state index in [9.17, 15) is 4.79 Å². The average molecular weight is 292 g/mol. The molecule has 0 unspecified atom stereocenters. The number of nitrogens with one attached hydrogen (secondary N) is 1. The highest BCUT2D eigenvalue weighted by Crippen LogP contribution is 2.24. The van der Waals surface area contributed by atoms with E-state index < -0.39 is 0 Å². The summed E-state index contributed by atoms with van der Waals surface area (Å²) in [6, 6.07) is 8.62. The van der Waals surface area contributed by atoms with Crippen LogP contribution in [0.3, 0.4) is 0 Å². The second-order valence-corrected chi connectivity index (χ2v) is 4.29. The van der Waals surface area contributed by atoms with Gasteiger partial charge in [-0.05, 0) is 46.3 Å². The highest BCUT2D eigenvalue weighted by atomic mass is 79.9. The van der Waals surface area contributed by atoms with Crippen LogP contribution in [0.4, 0.5) is 11.4 Å². The molecule has 0 saturated carbocycles. The van der Waals surface area contributed by atoms with E-state index in [4.69, 9.17) is 5.73 Å². The predicted octanol–water partition coefficient (Wildman–Crippen LogP) is 2.68. The number of hydrogen-bond donors (Lipinski definition) is 2. The molecule has 2 aromatic rings. The first-order chi connectivity index (χ1) is 8.16. The van der Waals surface area contributed by atoms with E-state index in [1.165, 1.54) is 6.20 Å². The Balaban J connectivity index is 2.19. The van der Waals surface area contributed by atoms with E-state index in [2.05, 4.69) is 26.2 Å². The third kappa shape index (κ3) is 2.82. The van der Waals surface area contributed by atoms with E-state index in [1.807, 2.05) is 0 Å². The molecule has 0 radical (unpaired) electrons. The molecule has 0 spiro atoms. The number of nitrogen functional groups attached to an aromatic ring is 1. The number of nitrogens with zero attached hydrogens (tertiary/aromatic N) is 1. The smallest absolute Gasteiger partial charge is 0.257 e. The number of hydrogen-bond acceptors (Lipinski definition) is 3. The van der Waals surface area contributed by atoms with E-state index in [-0.39, 0.29) is 5.91 Å². The molecule has 0 bridgehead atoms. The summed E-state index contributed by atoms with van der Waals surface area (Å²) < 4.78 is 0.745. The van der Waals surface area contributed by atoms with Crippen molar-refractivity contribution < 1.29 is 4.79 Å². The molecule has 0 fully saturated rings. The number of carbonyl (C=O) groups excluding carboxylic acids is 1. The summed E-state index contributed by atoms with van der Waals surface area (Å²) in [5.74, 6) is -0.205. The van der Waals surface area contributed by atoms with Crippen molar-refractivity contribution in [3.05, 3.63) is 52.8 Å². The number of carbonyl (C=O) groups is 1. The fraction of sp³-hybridized carbons (Fsp3) is 0. The van der Waals surface area contributed by atoms with Gasteiger partial charge in [-0.2, -0.15) is 0 Å². The van der Waals surface area contributed by atoms with Gasteiger partial charge in [0.25, 0.3) is 5.91 Å². The lowest BCUT2D eigenvalue weighted by molar-refractivity contribution is 0.102. The van der Waals surface area contributed by atoms with Crippen molar-refractivity contribution in [2.24, 2.45) is 0 Å². The van der Waals surface area contributed by atoms with Crippen LogP contribution in [0.2, 0.25) is 0 Å². The minimum atomic E-state index is -0.205. The lowest BCUT2D eigenvalue weighted by Gasteiger charge is -2.07. The summed E-state index contributed by atoms with van der Waals surface area (Å²) in [7, 11) is 0. The van der Waals surface area contributed by atoms with E-state index in [0.717, 1.165) is 4.47 Å². The molecule has 1 amide bonds. The van der Waals surface area contributed by atoms with E-state index >= 15 is 0 Å². The fourth-order valence-corrected chi connectivity index (χ4v) is 1.82. The molecular formula is C12H10BrN3O.